The lowest BCUT2D eigenvalue weighted by Crippen LogP contribution is -2.55. The van der Waals surface area contributed by atoms with Gasteiger partial charge in [-0.2, -0.15) is 0 Å². The van der Waals surface area contributed by atoms with Crippen LogP contribution in [0.15, 0.2) is 48.5 Å². The van der Waals surface area contributed by atoms with Gasteiger partial charge in [0.25, 0.3) is 0 Å². The maximum Gasteiger partial charge on any atom is 0.228 e. The molecule has 1 N–H and O–H groups in total. The number of anilines is 1. The Bertz CT molecular complexity index is 1090. The summed E-state index contributed by atoms with van der Waals surface area (Å²) in [7, 11) is 4.30. The van der Waals surface area contributed by atoms with Crippen LogP contribution in [0.2, 0.25) is 0 Å². The highest BCUT2D eigenvalue weighted by Crippen LogP contribution is 2.49. The molecule has 198 valence electrons. The average Bonchev–Trinajstić information content (AvgIpc) is 3.37. The van der Waals surface area contributed by atoms with Gasteiger partial charge in [0.1, 0.15) is 0 Å². The number of nitrogens with zero attached hydrogens (tertiary/aromatic N) is 2. The number of piperidine rings is 1. The Balaban J connectivity index is 1.32. The maximum absolute atomic E-state index is 14.7. The first-order chi connectivity index (χ1) is 18.1. The quantitative estimate of drug-likeness (QED) is 0.569. The van der Waals surface area contributed by atoms with Crippen molar-refractivity contribution in [1.29, 1.82) is 0 Å². The monoisotopic (exact) mass is 499 g/mol. The molecule has 2 aliphatic carbocycles. The van der Waals surface area contributed by atoms with Crippen molar-refractivity contribution in [2.45, 2.75) is 81.6 Å². The topological polar surface area (TPSA) is 35.6 Å². The van der Waals surface area contributed by atoms with E-state index in [1.807, 2.05) is 0 Å². The minimum atomic E-state index is -0.0654. The lowest BCUT2D eigenvalue weighted by molar-refractivity contribution is -0.143. The first kappa shape index (κ1) is 25.0. The van der Waals surface area contributed by atoms with Crippen molar-refractivity contribution in [1.82, 2.24) is 10.2 Å². The molecule has 2 aromatic carbocycles. The molecule has 4 atom stereocenters. The Morgan fingerprint density at radius 2 is 1.78 bits per heavy atom. The third-order valence-electron chi connectivity index (χ3n) is 10.4. The third kappa shape index (κ3) is 4.50. The molecule has 2 saturated heterocycles. The smallest absolute Gasteiger partial charge is 0.228 e. The van der Waals surface area contributed by atoms with Crippen LogP contribution in [-0.4, -0.2) is 50.6 Å². The molecule has 0 aromatic heterocycles. The summed E-state index contributed by atoms with van der Waals surface area (Å²) in [5.41, 5.74) is 5.66. The van der Waals surface area contributed by atoms with E-state index < -0.39 is 0 Å². The third-order valence-corrected chi connectivity index (χ3v) is 10.4. The van der Waals surface area contributed by atoms with Crippen LogP contribution in [0, 0.1) is 11.8 Å². The van der Waals surface area contributed by atoms with Gasteiger partial charge in [0.05, 0.1) is 5.92 Å². The molecule has 2 aromatic rings. The fraction of sp³-hybridized carbons (Fsp3) is 0.606. The van der Waals surface area contributed by atoms with Crippen LogP contribution in [0.3, 0.4) is 0 Å². The Labute approximate surface area is 223 Å². The largest absolute Gasteiger partial charge is 0.377 e. The van der Waals surface area contributed by atoms with Gasteiger partial charge in [0, 0.05) is 50.9 Å². The van der Waals surface area contributed by atoms with E-state index in [0.29, 0.717) is 23.8 Å². The van der Waals surface area contributed by atoms with Gasteiger partial charge in [0.15, 0.2) is 0 Å². The van der Waals surface area contributed by atoms with Crippen LogP contribution in [-0.2, 0) is 16.6 Å². The van der Waals surface area contributed by atoms with Crippen molar-refractivity contribution >= 4 is 11.6 Å². The van der Waals surface area contributed by atoms with Gasteiger partial charge in [-0.1, -0.05) is 61.7 Å². The second kappa shape index (κ2) is 10.4. The number of carbonyl (C=O) groups excluding carboxylic acids is 1. The summed E-state index contributed by atoms with van der Waals surface area (Å²) in [5, 5.41) is 3.71. The summed E-state index contributed by atoms with van der Waals surface area (Å²) in [5.74, 6) is 1.72. The maximum atomic E-state index is 14.7. The molecule has 4 unspecified atom stereocenters. The SMILES string of the molecule is CN(C)c1cccc2c1CCCC21CNCC1C(=O)N1CCC(c2ccccc2)CC1C1CCCCC1. The molecular weight excluding hydrogens is 454 g/mol. The van der Waals surface area contributed by atoms with Crippen LogP contribution in [0.25, 0.3) is 0 Å². The molecule has 1 saturated carbocycles. The van der Waals surface area contributed by atoms with Gasteiger partial charge in [-0.05, 0) is 79.5 Å². The Kier molecular flexibility index (Phi) is 7.05. The second-order valence-corrected chi connectivity index (χ2v) is 12.5. The molecule has 3 fully saturated rings. The molecule has 0 bridgehead atoms. The lowest BCUT2D eigenvalue weighted by Gasteiger charge is -2.48. The molecule has 1 spiro atoms. The van der Waals surface area contributed by atoms with Gasteiger partial charge in [0.2, 0.25) is 5.91 Å². The fourth-order valence-electron chi connectivity index (χ4n) is 8.53. The van der Waals surface area contributed by atoms with Crippen molar-refractivity contribution in [3.05, 3.63) is 65.2 Å². The number of carbonyl (C=O) groups is 1. The van der Waals surface area contributed by atoms with Crippen molar-refractivity contribution in [3.63, 3.8) is 0 Å². The predicted octanol–water partition coefficient (Wildman–Crippen LogP) is 5.90. The number of fused-ring (bicyclic) bond motifs is 2. The molecule has 37 heavy (non-hydrogen) atoms. The number of rotatable bonds is 4. The molecule has 1 amide bonds. The summed E-state index contributed by atoms with van der Waals surface area (Å²) >= 11 is 0. The summed E-state index contributed by atoms with van der Waals surface area (Å²) in [4.78, 5) is 19.3. The van der Waals surface area contributed by atoms with Crippen LogP contribution >= 0.6 is 0 Å². The second-order valence-electron chi connectivity index (χ2n) is 12.5. The molecule has 4 aliphatic rings. The Morgan fingerprint density at radius 3 is 2.57 bits per heavy atom. The number of hydrogen-bond donors (Lipinski definition) is 1. The van der Waals surface area contributed by atoms with E-state index in [-0.39, 0.29) is 11.3 Å². The molecule has 2 heterocycles. The van der Waals surface area contributed by atoms with E-state index in [2.05, 4.69) is 77.7 Å². The number of likely N-dealkylation sites (tertiary alicyclic amines) is 1. The number of benzene rings is 2. The van der Waals surface area contributed by atoms with Crippen molar-refractivity contribution in [3.8, 4) is 0 Å². The first-order valence-corrected chi connectivity index (χ1v) is 14.9. The van der Waals surface area contributed by atoms with E-state index in [1.54, 1.807) is 0 Å². The standard InChI is InChI=1S/C33H45N3O/c1-35(2)30-17-9-16-28-27(30)15-10-19-33(28)23-34-22-29(33)32(37)36-20-18-26(24-11-5-3-6-12-24)21-31(36)25-13-7-4-8-14-25/h3,5-6,9,11-12,16-17,25-26,29,31,34H,4,7-8,10,13-15,18-23H2,1-2H3. The van der Waals surface area contributed by atoms with Crippen LogP contribution in [0.1, 0.15) is 80.4 Å². The van der Waals surface area contributed by atoms with Crippen molar-refractivity contribution in [2.24, 2.45) is 11.8 Å². The molecular formula is C33H45N3O. The van der Waals surface area contributed by atoms with Crippen LogP contribution in [0.4, 0.5) is 5.69 Å². The number of hydrogen-bond acceptors (Lipinski definition) is 3. The lowest BCUT2D eigenvalue weighted by atomic mass is 9.63. The fourth-order valence-corrected chi connectivity index (χ4v) is 8.53. The molecule has 4 nitrogen and oxygen atoms in total. The van der Waals surface area contributed by atoms with E-state index in [4.69, 9.17) is 0 Å². The van der Waals surface area contributed by atoms with Crippen LogP contribution < -0.4 is 10.2 Å². The van der Waals surface area contributed by atoms with E-state index in [1.165, 1.54) is 60.9 Å². The summed E-state index contributed by atoms with van der Waals surface area (Å²) in [6.45, 7) is 2.67. The zero-order chi connectivity index (χ0) is 25.4. The highest BCUT2D eigenvalue weighted by Gasteiger charge is 2.52. The average molecular weight is 500 g/mol. The predicted molar refractivity (Wildman–Crippen MR) is 152 cm³/mol. The van der Waals surface area contributed by atoms with Gasteiger partial charge in [-0.25, -0.2) is 0 Å². The molecule has 2 aliphatic heterocycles. The zero-order valence-corrected chi connectivity index (χ0v) is 22.9. The van der Waals surface area contributed by atoms with E-state index in [0.717, 1.165) is 45.3 Å². The number of nitrogens with one attached hydrogen (secondary N) is 1. The first-order valence-electron chi connectivity index (χ1n) is 14.9. The minimum Gasteiger partial charge on any atom is -0.377 e. The highest BCUT2D eigenvalue weighted by atomic mass is 16.2. The Morgan fingerprint density at radius 1 is 0.973 bits per heavy atom. The van der Waals surface area contributed by atoms with Gasteiger partial charge in [-0.3, -0.25) is 4.79 Å². The summed E-state index contributed by atoms with van der Waals surface area (Å²) in [6, 6.07) is 18.3. The van der Waals surface area contributed by atoms with Crippen LogP contribution in [0.5, 0.6) is 0 Å². The molecule has 6 rings (SSSR count). The molecule has 4 heteroatoms. The van der Waals surface area contributed by atoms with Gasteiger partial charge in [-0.15, -0.1) is 0 Å². The minimum absolute atomic E-state index is 0.0447. The zero-order valence-electron chi connectivity index (χ0n) is 22.9. The Hall–Kier alpha value is -2.33. The summed E-state index contributed by atoms with van der Waals surface area (Å²) < 4.78 is 0. The summed E-state index contributed by atoms with van der Waals surface area (Å²) in [6.07, 6.45) is 12.2. The van der Waals surface area contributed by atoms with Crippen molar-refractivity contribution < 1.29 is 4.79 Å². The number of amides is 1. The van der Waals surface area contributed by atoms with Gasteiger partial charge < -0.3 is 15.1 Å². The van der Waals surface area contributed by atoms with E-state index >= 15 is 0 Å². The van der Waals surface area contributed by atoms with E-state index in [9.17, 15) is 4.79 Å². The molecule has 0 radical (unpaired) electrons. The van der Waals surface area contributed by atoms with Gasteiger partial charge >= 0.3 is 0 Å². The normalized spacial score (nSPS) is 30.3. The van der Waals surface area contributed by atoms with Crippen molar-refractivity contribution in [2.75, 3.05) is 38.6 Å². The highest BCUT2D eigenvalue weighted by molar-refractivity contribution is 5.83.